The van der Waals surface area contributed by atoms with Gasteiger partial charge in [-0.1, -0.05) is 89.9 Å². The minimum Gasteiger partial charge on any atom is -0.497 e. The summed E-state index contributed by atoms with van der Waals surface area (Å²) in [6.45, 7) is 5.83. The maximum atomic E-state index is 14.6. The molecule has 0 aromatic heterocycles. The van der Waals surface area contributed by atoms with Crippen molar-refractivity contribution in [1.82, 2.24) is 10.2 Å². The Balaban J connectivity index is 1.80. The van der Waals surface area contributed by atoms with E-state index in [4.69, 9.17) is 4.74 Å². The number of ether oxygens (including phenoxy) is 1. The third kappa shape index (κ3) is 9.20. The highest BCUT2D eigenvalue weighted by Gasteiger charge is 2.34. The lowest BCUT2D eigenvalue weighted by atomic mass is 10.0. The van der Waals surface area contributed by atoms with Gasteiger partial charge in [-0.25, -0.2) is 8.42 Å². The highest BCUT2D eigenvalue weighted by Crippen LogP contribution is 2.27. The number of aryl methyl sites for hydroxylation is 1. The molecule has 0 spiro atoms. The van der Waals surface area contributed by atoms with Crippen molar-refractivity contribution in [1.29, 1.82) is 0 Å². The molecule has 10 heteroatoms. The summed E-state index contributed by atoms with van der Waals surface area (Å²) < 4.78 is 35.6. The smallest absolute Gasteiger partial charge is 0.264 e. The van der Waals surface area contributed by atoms with Crippen molar-refractivity contribution in [3.05, 3.63) is 124 Å². The van der Waals surface area contributed by atoms with Gasteiger partial charge < -0.3 is 15.0 Å². The zero-order valence-corrected chi connectivity index (χ0v) is 28.9. The van der Waals surface area contributed by atoms with Crippen LogP contribution in [-0.4, -0.2) is 51.4 Å². The van der Waals surface area contributed by atoms with Crippen molar-refractivity contribution in [3.8, 4) is 5.75 Å². The van der Waals surface area contributed by atoms with E-state index < -0.39 is 28.5 Å². The van der Waals surface area contributed by atoms with Crippen molar-refractivity contribution in [3.63, 3.8) is 0 Å². The van der Waals surface area contributed by atoms with Crippen LogP contribution in [0, 0.1) is 12.8 Å². The first-order chi connectivity index (χ1) is 22.0. The van der Waals surface area contributed by atoms with Crippen molar-refractivity contribution < 1.29 is 22.7 Å². The number of benzene rings is 4. The van der Waals surface area contributed by atoms with Crippen LogP contribution < -0.4 is 14.4 Å². The summed E-state index contributed by atoms with van der Waals surface area (Å²) in [5, 5.41) is 3.00. The van der Waals surface area contributed by atoms with Crippen molar-refractivity contribution in [2.24, 2.45) is 5.92 Å². The number of anilines is 1. The van der Waals surface area contributed by atoms with E-state index in [1.54, 1.807) is 55.6 Å². The van der Waals surface area contributed by atoms with E-state index in [2.05, 4.69) is 21.2 Å². The summed E-state index contributed by atoms with van der Waals surface area (Å²) in [6, 6.07) is 29.1. The van der Waals surface area contributed by atoms with Crippen LogP contribution in [0.25, 0.3) is 0 Å². The SMILES string of the molecule is COc1cccc(CN(C(=O)CN(c2ccc(Br)cc2)S(=O)(=O)c2ccc(C)cc2)C(Cc2ccccc2)C(=O)NCC(C)C)c1. The summed E-state index contributed by atoms with van der Waals surface area (Å²) in [5.74, 6) is -0.0453. The molecule has 4 aromatic carbocycles. The molecule has 8 nitrogen and oxygen atoms in total. The third-order valence-corrected chi connectivity index (χ3v) is 9.76. The van der Waals surface area contributed by atoms with E-state index in [9.17, 15) is 18.0 Å². The third-order valence-electron chi connectivity index (χ3n) is 7.45. The number of methoxy groups -OCH3 is 1. The first-order valence-corrected chi connectivity index (χ1v) is 17.3. The number of amides is 2. The van der Waals surface area contributed by atoms with Gasteiger partial charge in [-0.05, 0) is 72.5 Å². The lowest BCUT2D eigenvalue weighted by Crippen LogP contribution is -2.53. The number of nitrogens with zero attached hydrogens (tertiary/aromatic N) is 2. The van der Waals surface area contributed by atoms with Gasteiger partial charge in [-0.2, -0.15) is 0 Å². The number of rotatable bonds is 14. The number of carbonyl (C=O) groups excluding carboxylic acids is 2. The summed E-state index contributed by atoms with van der Waals surface area (Å²) in [7, 11) is -2.61. The fourth-order valence-electron chi connectivity index (χ4n) is 4.92. The van der Waals surface area contributed by atoms with E-state index in [-0.39, 0.29) is 29.7 Å². The van der Waals surface area contributed by atoms with E-state index in [1.807, 2.05) is 63.2 Å². The van der Waals surface area contributed by atoms with E-state index >= 15 is 0 Å². The number of hydrogen-bond acceptors (Lipinski definition) is 5. The number of carbonyl (C=O) groups is 2. The molecular formula is C36H40BrN3O5S. The highest BCUT2D eigenvalue weighted by atomic mass is 79.9. The second-order valence-electron chi connectivity index (χ2n) is 11.5. The molecule has 1 unspecified atom stereocenters. The average Bonchev–Trinajstić information content (AvgIpc) is 3.05. The molecule has 46 heavy (non-hydrogen) atoms. The van der Waals surface area contributed by atoms with Crippen LogP contribution in [0.5, 0.6) is 5.75 Å². The lowest BCUT2D eigenvalue weighted by Gasteiger charge is -2.34. The molecule has 2 amide bonds. The van der Waals surface area contributed by atoms with E-state index in [0.29, 0.717) is 18.0 Å². The van der Waals surface area contributed by atoms with E-state index in [1.165, 1.54) is 17.0 Å². The number of nitrogens with one attached hydrogen (secondary N) is 1. The van der Waals surface area contributed by atoms with Gasteiger partial charge in [0.15, 0.2) is 0 Å². The molecule has 0 bridgehead atoms. The van der Waals surface area contributed by atoms with Crippen LogP contribution in [0.3, 0.4) is 0 Å². The minimum absolute atomic E-state index is 0.0569. The molecule has 1 atom stereocenters. The Hall–Kier alpha value is -4.15. The monoisotopic (exact) mass is 705 g/mol. The van der Waals surface area contributed by atoms with Crippen LogP contribution in [-0.2, 0) is 32.6 Å². The number of hydrogen-bond donors (Lipinski definition) is 1. The minimum atomic E-state index is -4.17. The predicted octanol–water partition coefficient (Wildman–Crippen LogP) is 6.37. The predicted molar refractivity (Wildman–Crippen MR) is 185 cm³/mol. The van der Waals surface area contributed by atoms with Gasteiger partial charge in [0.1, 0.15) is 18.3 Å². The fraction of sp³-hybridized carbons (Fsp3) is 0.278. The van der Waals surface area contributed by atoms with Gasteiger partial charge in [0.2, 0.25) is 11.8 Å². The first-order valence-electron chi connectivity index (χ1n) is 15.1. The summed E-state index contributed by atoms with van der Waals surface area (Å²) in [4.78, 5) is 30.0. The Morgan fingerprint density at radius 3 is 2.15 bits per heavy atom. The lowest BCUT2D eigenvalue weighted by molar-refractivity contribution is -0.140. The van der Waals surface area contributed by atoms with Gasteiger partial charge >= 0.3 is 0 Å². The molecule has 0 saturated carbocycles. The molecule has 0 radical (unpaired) electrons. The topological polar surface area (TPSA) is 96.0 Å². The summed E-state index contributed by atoms with van der Waals surface area (Å²) in [5.41, 5.74) is 2.83. The van der Waals surface area contributed by atoms with E-state index in [0.717, 1.165) is 25.5 Å². The molecule has 0 aliphatic rings. The molecule has 4 aromatic rings. The van der Waals surface area contributed by atoms with Gasteiger partial charge in [0.05, 0.1) is 17.7 Å². The van der Waals surface area contributed by atoms with Gasteiger partial charge in [0.25, 0.3) is 10.0 Å². The van der Waals surface area contributed by atoms with Crippen LogP contribution in [0.2, 0.25) is 0 Å². The highest BCUT2D eigenvalue weighted by molar-refractivity contribution is 9.10. The Morgan fingerprint density at radius 1 is 0.870 bits per heavy atom. The first kappa shape index (κ1) is 34.7. The second-order valence-corrected chi connectivity index (χ2v) is 14.3. The molecule has 0 saturated heterocycles. The molecule has 1 N–H and O–H groups in total. The molecule has 0 aliphatic carbocycles. The largest absolute Gasteiger partial charge is 0.497 e. The number of halogens is 1. The van der Waals surface area contributed by atoms with Crippen molar-refractivity contribution in [2.75, 3.05) is 24.5 Å². The standard InChI is InChI=1S/C36H40BrN3O5S/c1-26(2)23-38-36(42)34(22-28-9-6-5-7-10-28)39(24-29-11-8-12-32(21-29)45-4)35(41)25-40(31-17-15-30(37)16-18-31)46(43,44)33-19-13-27(3)14-20-33/h5-21,26,34H,22-25H2,1-4H3,(H,38,42). The molecule has 4 rings (SSSR count). The van der Waals surface area contributed by atoms with Crippen molar-refractivity contribution >= 4 is 43.5 Å². The van der Waals surface area contributed by atoms with Gasteiger partial charge in [0, 0.05) is 24.0 Å². The number of sulfonamides is 1. The van der Waals surface area contributed by atoms with Crippen LogP contribution >= 0.6 is 15.9 Å². The molecule has 0 aliphatic heterocycles. The van der Waals surface area contributed by atoms with Gasteiger partial charge in [-0.15, -0.1) is 0 Å². The Kier molecular flexibility index (Phi) is 12.0. The maximum absolute atomic E-state index is 14.6. The zero-order chi connectivity index (χ0) is 33.3. The maximum Gasteiger partial charge on any atom is 0.264 e. The van der Waals surface area contributed by atoms with Crippen LogP contribution in [0.4, 0.5) is 5.69 Å². The molecule has 0 fully saturated rings. The van der Waals surface area contributed by atoms with Crippen LogP contribution in [0.1, 0.15) is 30.5 Å². The molecular weight excluding hydrogens is 666 g/mol. The Labute approximate surface area is 280 Å². The average molecular weight is 707 g/mol. The van der Waals surface area contributed by atoms with Crippen molar-refractivity contribution in [2.45, 2.75) is 44.7 Å². The van der Waals surface area contributed by atoms with Crippen LogP contribution in [0.15, 0.2) is 112 Å². The summed E-state index contributed by atoms with van der Waals surface area (Å²) >= 11 is 3.41. The Morgan fingerprint density at radius 2 is 1.52 bits per heavy atom. The fourth-order valence-corrected chi connectivity index (χ4v) is 6.60. The zero-order valence-electron chi connectivity index (χ0n) is 26.5. The quantitative estimate of drug-likeness (QED) is 0.164. The normalized spacial score (nSPS) is 12.0. The molecule has 242 valence electrons. The molecule has 0 heterocycles. The second kappa shape index (κ2) is 15.9. The summed E-state index contributed by atoms with van der Waals surface area (Å²) in [6.07, 6.45) is 0.240. The Bertz CT molecular complexity index is 1710. The van der Waals surface area contributed by atoms with Gasteiger partial charge in [-0.3, -0.25) is 13.9 Å².